The first-order chi connectivity index (χ1) is 16.5. The van der Waals surface area contributed by atoms with Gasteiger partial charge in [0.25, 0.3) is 0 Å². The molecule has 1 aliphatic carbocycles. The SMILES string of the molecule is CC(C)OC(=O)CCC/C=C\C[C@H]1C(=O)C[C@@H](O)[C@@H]1/C=C/[C@@H](O)COc1cccc(C(F)(F)F)c1. The molecule has 1 aliphatic rings. The highest BCUT2D eigenvalue weighted by atomic mass is 19.4. The predicted octanol–water partition coefficient (Wildman–Crippen LogP) is 4.64. The van der Waals surface area contributed by atoms with Gasteiger partial charge in [-0.1, -0.05) is 30.4 Å². The lowest BCUT2D eigenvalue weighted by atomic mass is 9.90. The molecule has 1 aromatic rings. The molecule has 1 saturated carbocycles. The van der Waals surface area contributed by atoms with Crippen LogP contribution in [0.2, 0.25) is 0 Å². The van der Waals surface area contributed by atoms with Crippen molar-refractivity contribution in [2.45, 2.75) is 70.4 Å². The van der Waals surface area contributed by atoms with Gasteiger partial charge in [-0.25, -0.2) is 0 Å². The summed E-state index contributed by atoms with van der Waals surface area (Å²) in [6.45, 7) is 3.30. The molecule has 0 heterocycles. The Morgan fingerprint density at radius 3 is 2.69 bits per heavy atom. The Morgan fingerprint density at radius 1 is 1.26 bits per heavy atom. The lowest BCUT2D eigenvalue weighted by molar-refractivity contribution is -0.147. The van der Waals surface area contributed by atoms with Crippen molar-refractivity contribution >= 4 is 11.8 Å². The van der Waals surface area contributed by atoms with E-state index in [0.717, 1.165) is 12.1 Å². The average molecular weight is 499 g/mol. The second kappa shape index (κ2) is 13.4. The third kappa shape index (κ3) is 9.85. The van der Waals surface area contributed by atoms with Crippen molar-refractivity contribution in [2.75, 3.05) is 6.61 Å². The molecule has 4 atom stereocenters. The molecule has 0 aromatic heterocycles. The quantitative estimate of drug-likeness (QED) is 0.248. The number of alkyl halides is 3. The number of unbranched alkanes of at least 4 members (excludes halogenated alkanes) is 1. The van der Waals surface area contributed by atoms with Gasteiger partial charge in [-0.2, -0.15) is 13.2 Å². The minimum Gasteiger partial charge on any atom is -0.491 e. The third-order valence-electron chi connectivity index (χ3n) is 5.55. The molecule has 0 spiro atoms. The van der Waals surface area contributed by atoms with Crippen LogP contribution < -0.4 is 4.74 Å². The van der Waals surface area contributed by atoms with Crippen LogP contribution in [-0.2, 0) is 20.5 Å². The molecule has 0 amide bonds. The molecule has 0 bridgehead atoms. The Morgan fingerprint density at radius 2 is 2.00 bits per heavy atom. The van der Waals surface area contributed by atoms with Gasteiger partial charge in [0.1, 0.15) is 24.2 Å². The van der Waals surface area contributed by atoms with Gasteiger partial charge in [-0.05, 0) is 51.3 Å². The number of halogens is 3. The monoisotopic (exact) mass is 498 g/mol. The van der Waals surface area contributed by atoms with Crippen LogP contribution in [0.1, 0.15) is 51.5 Å². The number of rotatable bonds is 12. The number of carbonyl (C=O) groups excluding carboxylic acids is 2. The summed E-state index contributed by atoms with van der Waals surface area (Å²) in [4.78, 5) is 23.8. The fraction of sp³-hybridized carbons (Fsp3) is 0.538. The highest BCUT2D eigenvalue weighted by Gasteiger charge is 2.39. The first kappa shape index (κ1) is 28.6. The number of allylic oxidation sites excluding steroid dienone is 2. The van der Waals surface area contributed by atoms with E-state index in [1.54, 1.807) is 19.9 Å². The highest BCUT2D eigenvalue weighted by molar-refractivity contribution is 5.84. The van der Waals surface area contributed by atoms with Crippen molar-refractivity contribution in [1.29, 1.82) is 0 Å². The zero-order valence-corrected chi connectivity index (χ0v) is 19.9. The van der Waals surface area contributed by atoms with Gasteiger partial charge in [0.15, 0.2) is 0 Å². The summed E-state index contributed by atoms with van der Waals surface area (Å²) in [7, 11) is 0. The number of ether oxygens (including phenoxy) is 2. The zero-order chi connectivity index (χ0) is 26.0. The Kier molecular flexibility index (Phi) is 11.0. The number of aliphatic hydroxyl groups is 2. The first-order valence-electron chi connectivity index (χ1n) is 11.7. The molecule has 1 aromatic carbocycles. The van der Waals surface area contributed by atoms with E-state index in [4.69, 9.17) is 9.47 Å². The second-order valence-corrected chi connectivity index (χ2v) is 8.85. The smallest absolute Gasteiger partial charge is 0.416 e. The Labute approximate surface area is 203 Å². The van der Waals surface area contributed by atoms with Crippen LogP contribution in [-0.4, -0.2) is 46.9 Å². The van der Waals surface area contributed by atoms with E-state index in [0.29, 0.717) is 25.7 Å². The molecule has 6 nitrogen and oxygen atoms in total. The standard InChI is InChI=1S/C26H33F3O6/c1-17(2)35-25(33)11-6-4-3-5-10-21-22(24(32)15-23(21)31)13-12-19(30)16-34-20-9-7-8-18(14-20)26(27,28)29/h3,5,7-9,12-14,17,19,21-22,24,30,32H,4,6,10-11,15-16H2,1-2H3/b5-3-,13-12+/t19-,21-,22-,24-/m1/s1. The number of ketones is 1. The topological polar surface area (TPSA) is 93.1 Å². The molecule has 0 unspecified atom stereocenters. The molecular formula is C26H33F3O6. The normalized spacial score (nSPS) is 21.8. The van der Waals surface area contributed by atoms with Gasteiger partial charge < -0.3 is 19.7 Å². The number of benzene rings is 1. The van der Waals surface area contributed by atoms with Crippen molar-refractivity contribution in [3.8, 4) is 5.75 Å². The molecule has 2 rings (SSSR count). The van der Waals surface area contributed by atoms with Crippen molar-refractivity contribution in [2.24, 2.45) is 11.8 Å². The van der Waals surface area contributed by atoms with Gasteiger partial charge in [0.2, 0.25) is 0 Å². The summed E-state index contributed by atoms with van der Waals surface area (Å²) in [5.74, 6) is -1.28. The molecule has 2 N–H and O–H groups in total. The fourth-order valence-corrected chi connectivity index (χ4v) is 3.83. The van der Waals surface area contributed by atoms with E-state index in [9.17, 15) is 33.0 Å². The van der Waals surface area contributed by atoms with Crippen LogP contribution in [0.15, 0.2) is 48.6 Å². The molecule has 0 radical (unpaired) electrons. The number of hydrogen-bond acceptors (Lipinski definition) is 6. The number of carbonyl (C=O) groups is 2. The maximum atomic E-state index is 12.8. The molecule has 1 fully saturated rings. The average Bonchev–Trinajstić information content (AvgIpc) is 3.04. The molecule has 0 saturated heterocycles. The lowest BCUT2D eigenvalue weighted by Crippen LogP contribution is -2.20. The van der Waals surface area contributed by atoms with Gasteiger partial charge in [0, 0.05) is 24.7 Å². The van der Waals surface area contributed by atoms with Gasteiger partial charge in [-0.15, -0.1) is 0 Å². The van der Waals surface area contributed by atoms with Crippen molar-refractivity contribution in [3.63, 3.8) is 0 Å². The number of Topliss-reactive ketones (excluding diaryl/α,β-unsaturated/α-hetero) is 1. The van der Waals surface area contributed by atoms with E-state index >= 15 is 0 Å². The van der Waals surface area contributed by atoms with E-state index in [1.165, 1.54) is 18.2 Å². The third-order valence-corrected chi connectivity index (χ3v) is 5.55. The van der Waals surface area contributed by atoms with Gasteiger partial charge in [0.05, 0.1) is 17.8 Å². The maximum Gasteiger partial charge on any atom is 0.416 e. The van der Waals surface area contributed by atoms with Crippen LogP contribution in [0.5, 0.6) is 5.75 Å². The number of aliphatic hydroxyl groups excluding tert-OH is 2. The van der Waals surface area contributed by atoms with Gasteiger partial charge >= 0.3 is 12.1 Å². The van der Waals surface area contributed by atoms with E-state index in [-0.39, 0.29) is 36.6 Å². The number of esters is 1. The highest BCUT2D eigenvalue weighted by Crippen LogP contribution is 2.34. The van der Waals surface area contributed by atoms with E-state index in [1.807, 2.05) is 12.2 Å². The van der Waals surface area contributed by atoms with Crippen molar-refractivity contribution in [3.05, 3.63) is 54.1 Å². The summed E-state index contributed by atoms with van der Waals surface area (Å²) >= 11 is 0. The minimum absolute atomic E-state index is 0.0192. The number of hydrogen-bond donors (Lipinski definition) is 2. The second-order valence-electron chi connectivity index (χ2n) is 8.85. The summed E-state index contributed by atoms with van der Waals surface area (Å²) < 4.78 is 48.7. The van der Waals surface area contributed by atoms with Crippen LogP contribution >= 0.6 is 0 Å². The van der Waals surface area contributed by atoms with E-state index < -0.39 is 35.8 Å². The largest absolute Gasteiger partial charge is 0.491 e. The predicted molar refractivity (Wildman–Crippen MR) is 124 cm³/mol. The summed E-state index contributed by atoms with van der Waals surface area (Å²) in [5.41, 5.74) is -0.848. The van der Waals surface area contributed by atoms with Crippen LogP contribution in [0, 0.1) is 11.8 Å². The molecule has 35 heavy (non-hydrogen) atoms. The summed E-state index contributed by atoms with van der Waals surface area (Å²) in [6.07, 6.45) is 2.08. The van der Waals surface area contributed by atoms with Gasteiger partial charge in [-0.3, -0.25) is 9.59 Å². The molecule has 194 valence electrons. The first-order valence-corrected chi connectivity index (χ1v) is 11.7. The molecule has 9 heteroatoms. The lowest BCUT2D eigenvalue weighted by Gasteiger charge is -2.17. The summed E-state index contributed by atoms with van der Waals surface area (Å²) in [6, 6.07) is 4.36. The minimum atomic E-state index is -4.49. The zero-order valence-electron chi connectivity index (χ0n) is 19.9. The Balaban J connectivity index is 1.83. The molecular weight excluding hydrogens is 465 g/mol. The van der Waals surface area contributed by atoms with E-state index in [2.05, 4.69) is 0 Å². The molecule has 0 aliphatic heterocycles. The van der Waals surface area contributed by atoms with Crippen molar-refractivity contribution in [1.82, 2.24) is 0 Å². The maximum absolute atomic E-state index is 12.8. The van der Waals surface area contributed by atoms with Crippen LogP contribution in [0.3, 0.4) is 0 Å². The summed E-state index contributed by atoms with van der Waals surface area (Å²) in [5, 5.41) is 20.4. The van der Waals surface area contributed by atoms with Crippen LogP contribution in [0.25, 0.3) is 0 Å². The van der Waals surface area contributed by atoms with Crippen LogP contribution in [0.4, 0.5) is 13.2 Å². The van der Waals surface area contributed by atoms with Crippen molar-refractivity contribution < 1.29 is 42.4 Å². The Bertz CT molecular complexity index is 893. The fourth-order valence-electron chi connectivity index (χ4n) is 3.83. The Hall–Kier alpha value is -2.65.